The van der Waals surface area contributed by atoms with Crippen molar-refractivity contribution < 1.29 is 0 Å². The van der Waals surface area contributed by atoms with E-state index in [1.165, 1.54) is 23.1 Å². The summed E-state index contributed by atoms with van der Waals surface area (Å²) in [5, 5.41) is 8.37. The van der Waals surface area contributed by atoms with Crippen LogP contribution in [0.4, 0.5) is 0 Å². The summed E-state index contributed by atoms with van der Waals surface area (Å²) in [6, 6.07) is 4.67. The Morgan fingerprint density at radius 2 is 1.62 bits per heavy atom. The molecule has 110 valence electrons. The van der Waals surface area contributed by atoms with E-state index in [0.717, 1.165) is 5.56 Å². The van der Waals surface area contributed by atoms with Crippen molar-refractivity contribution in [2.24, 2.45) is 0 Å². The van der Waals surface area contributed by atoms with Gasteiger partial charge in [0.15, 0.2) is 0 Å². The van der Waals surface area contributed by atoms with Crippen LogP contribution in [0.2, 0.25) is 0 Å². The van der Waals surface area contributed by atoms with Crippen molar-refractivity contribution in [3.63, 3.8) is 0 Å². The van der Waals surface area contributed by atoms with Gasteiger partial charge in [-0.25, -0.2) is 0 Å². The minimum absolute atomic E-state index is 0.194. The second kappa shape index (κ2) is 4.43. The van der Waals surface area contributed by atoms with Crippen molar-refractivity contribution in [1.29, 1.82) is 5.41 Å². The number of allylic oxidation sites excluding steroid dienone is 4. The lowest BCUT2D eigenvalue weighted by molar-refractivity contribution is 0.403. The molecule has 3 rings (SSSR count). The van der Waals surface area contributed by atoms with E-state index in [2.05, 4.69) is 58.9 Å². The molecule has 21 heavy (non-hydrogen) atoms. The average Bonchev–Trinajstić information content (AvgIpc) is 2.56. The zero-order valence-electron chi connectivity index (χ0n) is 13.7. The third kappa shape index (κ3) is 2.19. The van der Waals surface area contributed by atoms with E-state index in [1.54, 1.807) is 0 Å². The van der Waals surface area contributed by atoms with Crippen LogP contribution in [0, 0.1) is 5.41 Å². The van der Waals surface area contributed by atoms with Gasteiger partial charge in [0.05, 0.1) is 5.71 Å². The van der Waals surface area contributed by atoms with Gasteiger partial charge in [0.1, 0.15) is 0 Å². The predicted molar refractivity (Wildman–Crippen MR) is 90.6 cm³/mol. The van der Waals surface area contributed by atoms with Gasteiger partial charge in [-0.3, -0.25) is 0 Å². The first-order valence-electron chi connectivity index (χ1n) is 7.85. The van der Waals surface area contributed by atoms with Gasteiger partial charge in [0.2, 0.25) is 0 Å². The Hall–Kier alpha value is -1.63. The summed E-state index contributed by atoms with van der Waals surface area (Å²) in [5.74, 6) is 0.357. The van der Waals surface area contributed by atoms with E-state index < -0.39 is 0 Å². The highest BCUT2D eigenvalue weighted by atomic mass is 14.5. The zero-order valence-corrected chi connectivity index (χ0v) is 13.7. The van der Waals surface area contributed by atoms with Gasteiger partial charge in [-0.15, -0.1) is 0 Å². The van der Waals surface area contributed by atoms with Crippen LogP contribution in [0.3, 0.4) is 0 Å². The van der Waals surface area contributed by atoms with Gasteiger partial charge in [0, 0.05) is 5.56 Å². The van der Waals surface area contributed by atoms with Crippen molar-refractivity contribution >= 4 is 5.71 Å². The summed E-state index contributed by atoms with van der Waals surface area (Å²) in [7, 11) is 0. The van der Waals surface area contributed by atoms with Crippen molar-refractivity contribution in [1.82, 2.24) is 0 Å². The van der Waals surface area contributed by atoms with Gasteiger partial charge in [-0.2, -0.15) is 0 Å². The summed E-state index contributed by atoms with van der Waals surface area (Å²) in [5.41, 5.74) is 6.35. The van der Waals surface area contributed by atoms with E-state index >= 15 is 0 Å². The summed E-state index contributed by atoms with van der Waals surface area (Å²) in [6.45, 7) is 11.6. The Kier molecular flexibility index (Phi) is 3.02. The SMILES string of the molecule is CC1/C=C\C=C/C(=N)c2cc3c(cc21)C(C)(C)CC3(C)C. The largest absolute Gasteiger partial charge is 0.300 e. The molecule has 0 saturated heterocycles. The summed E-state index contributed by atoms with van der Waals surface area (Å²) >= 11 is 0. The fourth-order valence-electron chi connectivity index (χ4n) is 4.22. The van der Waals surface area contributed by atoms with Crippen LogP contribution < -0.4 is 0 Å². The molecule has 0 aliphatic heterocycles. The Balaban J connectivity index is 2.30. The molecule has 1 N–H and O–H groups in total. The quantitative estimate of drug-likeness (QED) is 0.671. The molecule has 0 fully saturated rings. The maximum atomic E-state index is 8.37. The van der Waals surface area contributed by atoms with Gasteiger partial charge in [0.25, 0.3) is 0 Å². The van der Waals surface area contributed by atoms with E-state index in [-0.39, 0.29) is 10.8 Å². The molecular formula is C20H25N. The van der Waals surface area contributed by atoms with E-state index in [0.29, 0.717) is 11.6 Å². The van der Waals surface area contributed by atoms with Crippen LogP contribution in [0.15, 0.2) is 36.4 Å². The molecule has 1 atom stereocenters. The van der Waals surface area contributed by atoms with Crippen molar-refractivity contribution in [3.8, 4) is 0 Å². The summed E-state index contributed by atoms with van der Waals surface area (Å²) in [6.07, 6.45) is 9.34. The van der Waals surface area contributed by atoms with Gasteiger partial charge < -0.3 is 5.41 Å². The highest BCUT2D eigenvalue weighted by molar-refractivity contribution is 6.08. The Morgan fingerprint density at radius 1 is 1.00 bits per heavy atom. The molecule has 0 saturated carbocycles. The smallest absolute Gasteiger partial charge is 0.0615 e. The Bertz CT molecular complexity index is 671. The van der Waals surface area contributed by atoms with Gasteiger partial charge in [-0.1, -0.05) is 58.9 Å². The molecule has 2 aliphatic carbocycles. The molecule has 1 unspecified atom stereocenters. The lowest BCUT2D eigenvalue weighted by Crippen LogP contribution is -2.18. The number of rotatable bonds is 0. The van der Waals surface area contributed by atoms with Crippen LogP contribution in [-0.4, -0.2) is 5.71 Å². The second-order valence-corrected chi connectivity index (χ2v) is 7.88. The molecular weight excluding hydrogens is 254 g/mol. The first-order valence-corrected chi connectivity index (χ1v) is 7.85. The van der Waals surface area contributed by atoms with E-state index in [9.17, 15) is 0 Å². The average molecular weight is 279 g/mol. The zero-order chi connectivity index (χ0) is 15.4. The van der Waals surface area contributed by atoms with Crippen molar-refractivity contribution in [3.05, 3.63) is 58.7 Å². The van der Waals surface area contributed by atoms with Crippen LogP contribution in [0.5, 0.6) is 0 Å². The van der Waals surface area contributed by atoms with Crippen molar-refractivity contribution in [2.75, 3.05) is 0 Å². The summed E-state index contributed by atoms with van der Waals surface area (Å²) in [4.78, 5) is 0. The maximum Gasteiger partial charge on any atom is 0.0615 e. The first kappa shape index (κ1) is 14.3. The number of benzene rings is 1. The van der Waals surface area contributed by atoms with Crippen LogP contribution in [0.1, 0.15) is 69.2 Å². The molecule has 0 aromatic heterocycles. The third-order valence-electron chi connectivity index (χ3n) is 5.09. The molecule has 0 amide bonds. The predicted octanol–water partition coefficient (Wildman–Crippen LogP) is 5.24. The van der Waals surface area contributed by atoms with E-state index in [4.69, 9.17) is 5.41 Å². The minimum Gasteiger partial charge on any atom is -0.300 e. The molecule has 2 aliphatic rings. The lowest BCUT2D eigenvalue weighted by Gasteiger charge is -2.23. The molecule has 0 spiro atoms. The molecule has 1 nitrogen and oxygen atoms in total. The molecule has 0 bridgehead atoms. The Labute approximate surface area is 128 Å². The van der Waals surface area contributed by atoms with Gasteiger partial charge in [-0.05, 0) is 52.0 Å². The number of hydrogen-bond acceptors (Lipinski definition) is 1. The molecule has 1 aromatic carbocycles. The Morgan fingerprint density at radius 3 is 2.29 bits per heavy atom. The molecule has 1 heteroatoms. The fourth-order valence-corrected chi connectivity index (χ4v) is 4.22. The topological polar surface area (TPSA) is 23.9 Å². The highest BCUT2D eigenvalue weighted by Gasteiger charge is 2.42. The number of hydrogen-bond donors (Lipinski definition) is 1. The lowest BCUT2D eigenvalue weighted by atomic mass is 9.82. The van der Waals surface area contributed by atoms with Crippen molar-refractivity contribution in [2.45, 2.75) is 57.8 Å². The number of nitrogens with one attached hydrogen (secondary N) is 1. The molecule has 0 radical (unpaired) electrons. The van der Waals surface area contributed by atoms with Crippen LogP contribution >= 0.6 is 0 Å². The third-order valence-corrected chi connectivity index (χ3v) is 5.09. The molecule has 0 heterocycles. The molecule has 1 aromatic rings. The van der Waals surface area contributed by atoms with E-state index in [1.807, 2.05) is 12.2 Å². The van der Waals surface area contributed by atoms with Crippen LogP contribution in [0.25, 0.3) is 0 Å². The minimum atomic E-state index is 0.194. The fraction of sp³-hybridized carbons (Fsp3) is 0.450. The monoisotopic (exact) mass is 279 g/mol. The standard InChI is InChI=1S/C20H25N/c1-13-8-6-7-9-18(21)15-11-17-16(10-14(13)15)19(2,3)12-20(17,4)5/h6-11,13,21H,12H2,1-5H3/b8-6-,9-7-,21-18?. The first-order chi connectivity index (χ1) is 9.72. The normalized spacial score (nSPS) is 28.2. The highest BCUT2D eigenvalue weighted by Crippen LogP contribution is 2.50. The number of fused-ring (bicyclic) bond motifs is 2. The van der Waals surface area contributed by atoms with Gasteiger partial charge >= 0.3 is 0 Å². The second-order valence-electron chi connectivity index (χ2n) is 7.88. The van der Waals surface area contributed by atoms with Crippen LogP contribution in [-0.2, 0) is 10.8 Å². The summed E-state index contributed by atoms with van der Waals surface area (Å²) < 4.78 is 0. The maximum absolute atomic E-state index is 8.37.